The fourth-order valence-electron chi connectivity index (χ4n) is 3.64. The Balaban J connectivity index is 1.66. The molecule has 0 aliphatic carbocycles. The highest BCUT2D eigenvalue weighted by atomic mass is 19.4. The molecule has 0 aromatic heterocycles. The summed E-state index contributed by atoms with van der Waals surface area (Å²) in [6, 6.07) is 13.8. The maximum atomic E-state index is 13.1. The molecule has 1 fully saturated rings. The molecule has 2 atom stereocenters. The van der Waals surface area contributed by atoms with E-state index in [4.69, 9.17) is 9.47 Å². The first-order valence-corrected chi connectivity index (χ1v) is 10.1. The summed E-state index contributed by atoms with van der Waals surface area (Å²) < 4.78 is 50.9. The van der Waals surface area contributed by atoms with Crippen molar-refractivity contribution in [1.82, 2.24) is 4.90 Å². The summed E-state index contributed by atoms with van der Waals surface area (Å²) in [7, 11) is 0. The van der Waals surface area contributed by atoms with Crippen LogP contribution in [0.1, 0.15) is 37.8 Å². The molecule has 1 saturated heterocycles. The number of piperidine rings is 1. The zero-order valence-electron chi connectivity index (χ0n) is 16.9. The van der Waals surface area contributed by atoms with Crippen molar-refractivity contribution in [3.63, 3.8) is 0 Å². The lowest BCUT2D eigenvalue weighted by Gasteiger charge is -2.37. The third-order valence-electron chi connectivity index (χ3n) is 5.17. The van der Waals surface area contributed by atoms with Crippen LogP contribution in [0, 0.1) is 5.92 Å². The van der Waals surface area contributed by atoms with E-state index in [0.29, 0.717) is 18.8 Å². The van der Waals surface area contributed by atoms with Gasteiger partial charge in [0.2, 0.25) is 0 Å². The van der Waals surface area contributed by atoms with E-state index in [1.54, 1.807) is 0 Å². The van der Waals surface area contributed by atoms with E-state index in [0.717, 1.165) is 38.2 Å². The fourth-order valence-corrected chi connectivity index (χ4v) is 3.64. The van der Waals surface area contributed by atoms with Crippen LogP contribution < -0.4 is 9.47 Å². The van der Waals surface area contributed by atoms with Gasteiger partial charge in [-0.3, -0.25) is 4.90 Å². The van der Waals surface area contributed by atoms with Gasteiger partial charge in [-0.25, -0.2) is 0 Å². The first-order chi connectivity index (χ1) is 13.9. The molecule has 0 unspecified atom stereocenters. The highest BCUT2D eigenvalue weighted by molar-refractivity contribution is 5.44. The molecule has 6 heteroatoms. The van der Waals surface area contributed by atoms with Crippen molar-refractivity contribution in [3.8, 4) is 11.5 Å². The van der Waals surface area contributed by atoms with Crippen LogP contribution in [0.15, 0.2) is 48.5 Å². The third-order valence-corrected chi connectivity index (χ3v) is 5.17. The van der Waals surface area contributed by atoms with E-state index in [1.165, 1.54) is 11.6 Å². The first-order valence-electron chi connectivity index (χ1n) is 10.1. The number of halogens is 3. The Morgan fingerprint density at radius 1 is 1.07 bits per heavy atom. The number of likely N-dealkylation sites (tertiary alicyclic amines) is 1. The second-order valence-electron chi connectivity index (χ2n) is 7.65. The van der Waals surface area contributed by atoms with Gasteiger partial charge < -0.3 is 9.47 Å². The monoisotopic (exact) mass is 407 g/mol. The van der Waals surface area contributed by atoms with Crippen LogP contribution in [0.25, 0.3) is 0 Å². The number of hydrogen-bond donors (Lipinski definition) is 0. The van der Waals surface area contributed by atoms with Gasteiger partial charge in [0.05, 0.1) is 12.2 Å². The molecule has 0 bridgehead atoms. The number of rotatable bonds is 7. The van der Waals surface area contributed by atoms with Crippen LogP contribution in [-0.2, 0) is 12.7 Å². The zero-order valence-corrected chi connectivity index (χ0v) is 16.9. The number of ether oxygens (including phenoxy) is 2. The second-order valence-corrected chi connectivity index (χ2v) is 7.65. The van der Waals surface area contributed by atoms with Crippen molar-refractivity contribution in [2.75, 3.05) is 19.7 Å². The molecule has 1 heterocycles. The molecular formula is C23H28F3NO2. The van der Waals surface area contributed by atoms with Gasteiger partial charge in [0.15, 0.2) is 11.5 Å². The Labute approximate surface area is 170 Å². The molecule has 1 aliphatic rings. The van der Waals surface area contributed by atoms with Crippen molar-refractivity contribution in [1.29, 1.82) is 0 Å². The molecule has 0 spiro atoms. The summed E-state index contributed by atoms with van der Waals surface area (Å²) in [6.45, 7) is 7.05. The van der Waals surface area contributed by atoms with E-state index in [2.05, 4.69) is 24.0 Å². The summed E-state index contributed by atoms with van der Waals surface area (Å²) in [4.78, 5) is 2.39. The lowest BCUT2D eigenvalue weighted by Crippen LogP contribution is -2.44. The van der Waals surface area contributed by atoms with Crippen molar-refractivity contribution in [2.45, 2.75) is 45.5 Å². The van der Waals surface area contributed by atoms with Crippen LogP contribution in [0.3, 0.4) is 0 Å². The lowest BCUT2D eigenvalue weighted by atomic mass is 9.96. The van der Waals surface area contributed by atoms with E-state index >= 15 is 0 Å². The number of nitrogens with zero attached hydrogens (tertiary/aromatic N) is 1. The first kappa shape index (κ1) is 21.5. The molecule has 3 nitrogen and oxygen atoms in total. The van der Waals surface area contributed by atoms with Crippen LogP contribution >= 0.6 is 0 Å². The van der Waals surface area contributed by atoms with Crippen molar-refractivity contribution in [2.24, 2.45) is 5.92 Å². The molecule has 1 aliphatic heterocycles. The van der Waals surface area contributed by atoms with Gasteiger partial charge in [-0.15, -0.1) is 0 Å². The number of benzene rings is 2. The summed E-state index contributed by atoms with van der Waals surface area (Å²) in [5, 5.41) is 0. The van der Waals surface area contributed by atoms with E-state index < -0.39 is 11.7 Å². The molecule has 2 aromatic rings. The molecule has 0 radical (unpaired) electrons. The van der Waals surface area contributed by atoms with Gasteiger partial charge in [0.25, 0.3) is 0 Å². The van der Waals surface area contributed by atoms with E-state index in [1.807, 2.05) is 25.1 Å². The summed E-state index contributed by atoms with van der Waals surface area (Å²) >= 11 is 0. The van der Waals surface area contributed by atoms with Crippen LogP contribution in [-0.4, -0.2) is 30.7 Å². The predicted octanol–water partition coefficient (Wildman–Crippen LogP) is 5.78. The highest BCUT2D eigenvalue weighted by Crippen LogP contribution is 2.38. The van der Waals surface area contributed by atoms with Gasteiger partial charge in [-0.05, 0) is 36.6 Å². The predicted molar refractivity (Wildman–Crippen MR) is 107 cm³/mol. The third kappa shape index (κ3) is 5.89. The maximum absolute atomic E-state index is 13.1. The largest absolute Gasteiger partial charge is 0.490 e. The van der Waals surface area contributed by atoms with Crippen molar-refractivity contribution < 1.29 is 22.6 Å². The van der Waals surface area contributed by atoms with Crippen LogP contribution in [0.4, 0.5) is 13.2 Å². The standard InChI is InChI=1S/C23H28F3NO2/c1-3-13-28-22-14-19(23(24,25)26)9-10-21(22)29-20-11-12-27(15-17(20)2)16-18-7-5-4-6-8-18/h4-10,14,17,20H,3,11-13,15-16H2,1-2H3/t17-,20+/m0/s1. The minimum atomic E-state index is -4.40. The normalized spacial score (nSPS) is 20.4. The van der Waals surface area contributed by atoms with Gasteiger partial charge in [0.1, 0.15) is 6.10 Å². The number of alkyl halides is 3. The molecule has 29 heavy (non-hydrogen) atoms. The average Bonchev–Trinajstić information content (AvgIpc) is 2.69. The Kier molecular flexibility index (Phi) is 7.06. The lowest BCUT2D eigenvalue weighted by molar-refractivity contribution is -0.137. The Morgan fingerprint density at radius 2 is 1.83 bits per heavy atom. The molecule has 2 aromatic carbocycles. The van der Waals surface area contributed by atoms with Gasteiger partial charge >= 0.3 is 6.18 Å². The molecule has 0 N–H and O–H groups in total. The minimum absolute atomic E-state index is 0.0530. The SMILES string of the molecule is CCCOc1cc(C(F)(F)F)ccc1O[C@@H]1CCN(Cc2ccccc2)C[C@@H]1C. The Hall–Kier alpha value is -2.21. The Bertz CT molecular complexity index is 779. The Morgan fingerprint density at radius 3 is 2.48 bits per heavy atom. The van der Waals surface area contributed by atoms with Gasteiger partial charge in [0, 0.05) is 25.6 Å². The smallest absolute Gasteiger partial charge is 0.416 e. The van der Waals surface area contributed by atoms with Crippen molar-refractivity contribution >= 4 is 0 Å². The van der Waals surface area contributed by atoms with E-state index in [9.17, 15) is 13.2 Å². The van der Waals surface area contributed by atoms with Gasteiger partial charge in [-0.1, -0.05) is 44.2 Å². The van der Waals surface area contributed by atoms with Crippen molar-refractivity contribution in [3.05, 3.63) is 59.7 Å². The zero-order chi connectivity index (χ0) is 20.9. The minimum Gasteiger partial charge on any atom is -0.490 e. The van der Waals surface area contributed by atoms with Crippen LogP contribution in [0.5, 0.6) is 11.5 Å². The van der Waals surface area contributed by atoms with E-state index in [-0.39, 0.29) is 17.8 Å². The second kappa shape index (κ2) is 9.53. The highest BCUT2D eigenvalue weighted by Gasteiger charge is 2.33. The molecular weight excluding hydrogens is 379 g/mol. The van der Waals surface area contributed by atoms with Gasteiger partial charge in [-0.2, -0.15) is 13.2 Å². The summed E-state index contributed by atoms with van der Waals surface area (Å²) in [5.74, 6) is 0.814. The van der Waals surface area contributed by atoms with Crippen LogP contribution in [0.2, 0.25) is 0 Å². The average molecular weight is 407 g/mol. The number of hydrogen-bond acceptors (Lipinski definition) is 3. The summed E-state index contributed by atoms with van der Waals surface area (Å²) in [6.07, 6.45) is -2.92. The molecule has 0 saturated carbocycles. The molecule has 3 rings (SSSR count). The topological polar surface area (TPSA) is 21.7 Å². The summed E-state index contributed by atoms with van der Waals surface area (Å²) in [5.41, 5.74) is 0.554. The molecule has 0 amide bonds. The molecule has 158 valence electrons. The fraction of sp³-hybridized carbons (Fsp3) is 0.478. The maximum Gasteiger partial charge on any atom is 0.416 e. The quantitative estimate of drug-likeness (QED) is 0.580.